The third kappa shape index (κ3) is 3.09. The van der Waals surface area contributed by atoms with E-state index in [1.54, 1.807) is 0 Å². The number of carbonyl (C=O) groups excluding carboxylic acids is 1. The summed E-state index contributed by atoms with van der Waals surface area (Å²) in [6.07, 6.45) is 9.29. The summed E-state index contributed by atoms with van der Waals surface area (Å²) in [7, 11) is 0. The quantitative estimate of drug-likeness (QED) is 0.846. The Morgan fingerprint density at radius 1 is 1.12 bits per heavy atom. The van der Waals surface area contributed by atoms with Crippen LogP contribution in [0.25, 0.3) is 0 Å². The van der Waals surface area contributed by atoms with Crippen LogP contribution in [0.1, 0.15) is 88.8 Å². The highest BCUT2D eigenvalue weighted by atomic mass is 16.2. The Hall–Kier alpha value is -1.39. The first kappa shape index (κ1) is 16.1. The van der Waals surface area contributed by atoms with Crippen LogP contribution >= 0.6 is 0 Å². The molecule has 2 heterocycles. The van der Waals surface area contributed by atoms with Crippen molar-refractivity contribution in [3.05, 3.63) is 11.6 Å². The fourth-order valence-corrected chi connectivity index (χ4v) is 4.32. The predicted octanol–water partition coefficient (Wildman–Crippen LogP) is 3.67. The van der Waals surface area contributed by atoms with E-state index in [1.165, 1.54) is 32.1 Å². The predicted molar refractivity (Wildman–Crippen MR) is 92.5 cm³/mol. The van der Waals surface area contributed by atoms with Crippen molar-refractivity contribution in [3.8, 4) is 0 Å². The van der Waals surface area contributed by atoms with E-state index in [0.717, 1.165) is 44.0 Å². The van der Waals surface area contributed by atoms with Gasteiger partial charge in [0.25, 0.3) is 0 Å². The van der Waals surface area contributed by atoms with Crippen molar-refractivity contribution in [1.29, 1.82) is 0 Å². The average molecular weight is 330 g/mol. The van der Waals surface area contributed by atoms with Crippen molar-refractivity contribution in [2.75, 3.05) is 6.54 Å². The number of aromatic nitrogens is 3. The van der Waals surface area contributed by atoms with E-state index in [-0.39, 0.29) is 12.0 Å². The van der Waals surface area contributed by atoms with Crippen LogP contribution in [0.3, 0.4) is 0 Å². The smallest absolute Gasteiger partial charge is 0.226 e. The standard InChI is InChI=1S/C19H30N4O/c1-13(2)12-16-18-20-17(14-8-9-14)21-23(18)11-10-22(16)19(24)15-6-4-3-5-7-15/h13-16H,3-12H2,1-2H3/t16-/m0/s1. The second-order valence-electron chi connectivity index (χ2n) is 8.34. The van der Waals surface area contributed by atoms with E-state index in [0.29, 0.717) is 17.7 Å². The molecule has 1 atom stereocenters. The van der Waals surface area contributed by atoms with Gasteiger partial charge in [-0.1, -0.05) is 33.1 Å². The van der Waals surface area contributed by atoms with Gasteiger partial charge in [-0.15, -0.1) is 0 Å². The Labute approximate surface area is 144 Å². The highest BCUT2D eigenvalue weighted by molar-refractivity contribution is 5.79. The van der Waals surface area contributed by atoms with Crippen LogP contribution in [-0.2, 0) is 11.3 Å². The fraction of sp³-hybridized carbons (Fsp3) is 0.842. The van der Waals surface area contributed by atoms with Crippen molar-refractivity contribution in [2.45, 2.75) is 83.7 Å². The lowest BCUT2D eigenvalue weighted by molar-refractivity contribution is -0.141. The highest BCUT2D eigenvalue weighted by Gasteiger charge is 2.38. The zero-order chi connectivity index (χ0) is 16.7. The maximum atomic E-state index is 13.2. The molecule has 4 rings (SSSR count). The molecule has 2 saturated carbocycles. The Balaban J connectivity index is 1.59. The second kappa shape index (κ2) is 6.49. The first-order chi connectivity index (χ1) is 11.6. The molecule has 2 aliphatic carbocycles. The molecule has 0 unspecified atom stereocenters. The third-order valence-electron chi connectivity index (χ3n) is 5.82. The summed E-state index contributed by atoms with van der Waals surface area (Å²) in [5, 5.41) is 4.74. The second-order valence-corrected chi connectivity index (χ2v) is 8.34. The van der Waals surface area contributed by atoms with Gasteiger partial charge in [-0.3, -0.25) is 4.79 Å². The SMILES string of the molecule is CC(C)C[C@H]1c2nc(C3CC3)nn2CCN1C(=O)C1CCCCC1. The summed E-state index contributed by atoms with van der Waals surface area (Å²) >= 11 is 0. The zero-order valence-corrected chi connectivity index (χ0v) is 15.1. The largest absolute Gasteiger partial charge is 0.330 e. The van der Waals surface area contributed by atoms with Gasteiger partial charge in [-0.25, -0.2) is 9.67 Å². The highest BCUT2D eigenvalue weighted by Crippen LogP contribution is 2.40. The summed E-state index contributed by atoms with van der Waals surface area (Å²) in [5.41, 5.74) is 0. The van der Waals surface area contributed by atoms with E-state index in [2.05, 4.69) is 23.4 Å². The molecule has 2 fully saturated rings. The monoisotopic (exact) mass is 330 g/mol. The Bertz CT molecular complexity index is 599. The fourth-order valence-electron chi connectivity index (χ4n) is 4.32. The molecule has 132 valence electrons. The molecule has 24 heavy (non-hydrogen) atoms. The molecule has 1 amide bonds. The average Bonchev–Trinajstić information content (AvgIpc) is 3.34. The van der Waals surface area contributed by atoms with Crippen LogP contribution in [0.2, 0.25) is 0 Å². The minimum Gasteiger partial charge on any atom is -0.330 e. The molecule has 0 aromatic carbocycles. The summed E-state index contributed by atoms with van der Waals surface area (Å²) in [6, 6.07) is 0.119. The van der Waals surface area contributed by atoms with Gasteiger partial charge in [0.05, 0.1) is 12.6 Å². The van der Waals surface area contributed by atoms with E-state index >= 15 is 0 Å². The molecule has 5 heteroatoms. The van der Waals surface area contributed by atoms with Crippen LogP contribution in [0.4, 0.5) is 0 Å². The molecule has 1 aromatic rings. The summed E-state index contributed by atoms with van der Waals surface area (Å²) in [6.45, 7) is 6.08. The van der Waals surface area contributed by atoms with Gasteiger partial charge >= 0.3 is 0 Å². The van der Waals surface area contributed by atoms with Crippen molar-refractivity contribution in [2.24, 2.45) is 11.8 Å². The van der Waals surface area contributed by atoms with Crippen molar-refractivity contribution in [1.82, 2.24) is 19.7 Å². The molecule has 1 aliphatic heterocycles. The van der Waals surface area contributed by atoms with Gasteiger partial charge in [0.1, 0.15) is 5.82 Å². The molecule has 0 spiro atoms. The maximum Gasteiger partial charge on any atom is 0.226 e. The molecule has 0 saturated heterocycles. The van der Waals surface area contributed by atoms with Crippen LogP contribution in [0.15, 0.2) is 0 Å². The van der Waals surface area contributed by atoms with Crippen LogP contribution in [0.5, 0.6) is 0 Å². The van der Waals surface area contributed by atoms with Gasteiger partial charge in [0.15, 0.2) is 5.82 Å². The van der Waals surface area contributed by atoms with Gasteiger partial charge in [0, 0.05) is 18.4 Å². The third-order valence-corrected chi connectivity index (χ3v) is 5.82. The number of nitrogens with zero attached hydrogens (tertiary/aromatic N) is 4. The van der Waals surface area contributed by atoms with Crippen molar-refractivity contribution < 1.29 is 4.79 Å². The van der Waals surface area contributed by atoms with E-state index in [4.69, 9.17) is 10.1 Å². The van der Waals surface area contributed by atoms with E-state index in [1.807, 2.05) is 0 Å². The first-order valence-electron chi connectivity index (χ1n) is 9.88. The van der Waals surface area contributed by atoms with Crippen LogP contribution in [0, 0.1) is 11.8 Å². The maximum absolute atomic E-state index is 13.2. The minimum atomic E-state index is 0.119. The number of hydrogen-bond acceptors (Lipinski definition) is 3. The van der Waals surface area contributed by atoms with Crippen LogP contribution < -0.4 is 0 Å². The molecule has 0 radical (unpaired) electrons. The lowest BCUT2D eigenvalue weighted by atomic mass is 9.87. The minimum absolute atomic E-state index is 0.119. The van der Waals surface area contributed by atoms with Crippen molar-refractivity contribution in [3.63, 3.8) is 0 Å². The van der Waals surface area contributed by atoms with Crippen molar-refractivity contribution >= 4 is 5.91 Å². The number of rotatable bonds is 4. The van der Waals surface area contributed by atoms with Gasteiger partial charge in [-0.05, 0) is 38.0 Å². The summed E-state index contributed by atoms with van der Waals surface area (Å²) in [4.78, 5) is 20.2. The summed E-state index contributed by atoms with van der Waals surface area (Å²) in [5.74, 6) is 3.80. The number of amides is 1. The first-order valence-corrected chi connectivity index (χ1v) is 9.88. The normalized spacial score (nSPS) is 25.1. The Morgan fingerprint density at radius 3 is 2.54 bits per heavy atom. The Morgan fingerprint density at radius 2 is 1.88 bits per heavy atom. The van der Waals surface area contributed by atoms with E-state index in [9.17, 15) is 4.79 Å². The van der Waals surface area contributed by atoms with Gasteiger partial charge in [-0.2, -0.15) is 5.10 Å². The summed E-state index contributed by atoms with van der Waals surface area (Å²) < 4.78 is 2.09. The lowest BCUT2D eigenvalue weighted by Crippen LogP contribution is -2.46. The molecule has 0 bridgehead atoms. The van der Waals surface area contributed by atoms with Crippen LogP contribution in [-0.4, -0.2) is 32.1 Å². The molecule has 1 aromatic heterocycles. The topological polar surface area (TPSA) is 51.0 Å². The zero-order valence-electron chi connectivity index (χ0n) is 15.1. The number of hydrogen-bond donors (Lipinski definition) is 0. The molecular formula is C19H30N4O. The molecular weight excluding hydrogens is 300 g/mol. The number of fused-ring (bicyclic) bond motifs is 1. The number of carbonyl (C=O) groups is 1. The molecule has 5 nitrogen and oxygen atoms in total. The molecule has 3 aliphatic rings. The van der Waals surface area contributed by atoms with Gasteiger partial charge < -0.3 is 4.90 Å². The van der Waals surface area contributed by atoms with E-state index < -0.39 is 0 Å². The Kier molecular flexibility index (Phi) is 4.35. The lowest BCUT2D eigenvalue weighted by Gasteiger charge is -2.38. The molecule has 0 N–H and O–H groups in total. The van der Waals surface area contributed by atoms with Gasteiger partial charge in [0.2, 0.25) is 5.91 Å².